The fraction of sp³-hybridized carbons (Fsp3) is 0.0476. The van der Waals surface area contributed by atoms with Crippen molar-refractivity contribution in [3.8, 4) is 0 Å². The van der Waals surface area contributed by atoms with Crippen molar-refractivity contribution in [1.29, 1.82) is 0 Å². The minimum Gasteiger partial charge on any atom is -0.452 e. The smallest absolute Gasteiger partial charge is 0.339 e. The molecule has 1 N–H and O–H groups in total. The molecule has 28 heavy (non-hydrogen) atoms. The maximum Gasteiger partial charge on any atom is 0.339 e. The van der Waals surface area contributed by atoms with Gasteiger partial charge in [-0.05, 0) is 17.5 Å². The molecule has 0 spiro atoms. The number of rotatable bonds is 6. The van der Waals surface area contributed by atoms with Crippen molar-refractivity contribution in [3.63, 3.8) is 0 Å². The first-order valence-electron chi connectivity index (χ1n) is 8.30. The van der Waals surface area contributed by atoms with Crippen molar-refractivity contribution in [2.24, 2.45) is 0 Å². The van der Waals surface area contributed by atoms with Gasteiger partial charge in [0.25, 0.3) is 11.8 Å². The van der Waals surface area contributed by atoms with E-state index in [1.54, 1.807) is 60.0 Å². The van der Waals surface area contributed by atoms with Gasteiger partial charge in [-0.2, -0.15) is 0 Å². The summed E-state index contributed by atoms with van der Waals surface area (Å²) in [6.45, 7) is -0.635. The van der Waals surface area contributed by atoms with Gasteiger partial charge >= 0.3 is 5.97 Å². The van der Waals surface area contributed by atoms with Crippen LogP contribution >= 0.6 is 11.3 Å². The highest BCUT2D eigenvalue weighted by Gasteiger charge is 2.20. The maximum absolute atomic E-state index is 12.7. The molecule has 0 bridgehead atoms. The molecule has 0 unspecified atom stereocenters. The summed E-state index contributed by atoms with van der Waals surface area (Å²) in [5.74, 6) is -2.46. The minimum atomic E-state index is -0.821. The number of nitrogens with one attached hydrogen (secondary N) is 1. The Balaban J connectivity index is 1.66. The van der Waals surface area contributed by atoms with Crippen LogP contribution in [0.1, 0.15) is 36.0 Å². The summed E-state index contributed by atoms with van der Waals surface area (Å²) in [7, 11) is 0. The molecule has 1 aromatic heterocycles. The molecule has 0 radical (unpaired) electrons. The molecule has 0 saturated heterocycles. The summed E-state index contributed by atoms with van der Waals surface area (Å²) in [6.07, 6.45) is 0. The van der Waals surface area contributed by atoms with E-state index in [1.165, 1.54) is 23.5 Å². The largest absolute Gasteiger partial charge is 0.452 e. The van der Waals surface area contributed by atoms with Gasteiger partial charge < -0.3 is 4.74 Å². The van der Waals surface area contributed by atoms with Crippen molar-refractivity contribution in [2.75, 3.05) is 6.61 Å². The highest BCUT2D eigenvalue weighted by atomic mass is 32.1. The van der Waals surface area contributed by atoms with Crippen molar-refractivity contribution in [1.82, 2.24) is 5.32 Å². The Labute approximate surface area is 164 Å². The molecule has 3 aromatic rings. The second-order valence-electron chi connectivity index (χ2n) is 5.67. The highest BCUT2D eigenvalue weighted by Crippen LogP contribution is 2.16. The molecule has 2 amide bonds. The summed E-state index contributed by atoms with van der Waals surface area (Å²) < 4.78 is 4.98. The van der Waals surface area contributed by atoms with Gasteiger partial charge in [-0.3, -0.25) is 19.7 Å². The minimum absolute atomic E-state index is 0.0498. The molecule has 3 rings (SSSR count). The lowest BCUT2D eigenvalue weighted by Gasteiger charge is -2.09. The van der Waals surface area contributed by atoms with Crippen molar-refractivity contribution >= 4 is 34.9 Å². The van der Waals surface area contributed by atoms with Gasteiger partial charge in [-0.15, -0.1) is 11.3 Å². The predicted molar refractivity (Wildman–Crippen MR) is 103 cm³/mol. The topological polar surface area (TPSA) is 89.5 Å². The van der Waals surface area contributed by atoms with Crippen LogP contribution in [0.5, 0.6) is 0 Å². The fourth-order valence-corrected chi connectivity index (χ4v) is 3.06. The predicted octanol–water partition coefficient (Wildman–Crippen LogP) is 3.09. The molecule has 0 atom stereocenters. The lowest BCUT2D eigenvalue weighted by molar-refractivity contribution is -0.123. The van der Waals surface area contributed by atoms with Crippen LogP contribution in [0.2, 0.25) is 0 Å². The summed E-state index contributed by atoms with van der Waals surface area (Å²) in [5.41, 5.74) is 0.657. The van der Waals surface area contributed by atoms with Gasteiger partial charge in [-0.1, -0.05) is 54.6 Å². The zero-order chi connectivity index (χ0) is 19.9. The molecule has 2 aromatic carbocycles. The van der Waals surface area contributed by atoms with E-state index in [4.69, 9.17) is 4.74 Å². The third-order valence-electron chi connectivity index (χ3n) is 3.76. The van der Waals surface area contributed by atoms with Crippen LogP contribution < -0.4 is 5.32 Å². The molecule has 7 heteroatoms. The Morgan fingerprint density at radius 1 is 0.821 bits per heavy atom. The number of ether oxygens (including phenoxy) is 1. The van der Waals surface area contributed by atoms with E-state index in [9.17, 15) is 19.2 Å². The van der Waals surface area contributed by atoms with Crippen molar-refractivity contribution in [3.05, 3.63) is 93.7 Å². The van der Waals surface area contributed by atoms with Crippen LogP contribution in [0.3, 0.4) is 0 Å². The Morgan fingerprint density at radius 3 is 2.18 bits per heavy atom. The first-order valence-corrected chi connectivity index (χ1v) is 9.18. The van der Waals surface area contributed by atoms with Gasteiger partial charge in [0, 0.05) is 11.1 Å². The normalized spacial score (nSPS) is 10.1. The summed E-state index contributed by atoms with van der Waals surface area (Å²) in [4.78, 5) is 49.1. The highest BCUT2D eigenvalue weighted by molar-refractivity contribution is 7.12. The molecule has 0 aliphatic heterocycles. The van der Waals surface area contributed by atoms with Crippen LogP contribution in [0, 0.1) is 0 Å². The summed E-state index contributed by atoms with van der Waals surface area (Å²) >= 11 is 1.19. The number of ketones is 1. The number of hydrogen-bond acceptors (Lipinski definition) is 6. The van der Waals surface area contributed by atoms with E-state index in [2.05, 4.69) is 5.32 Å². The van der Waals surface area contributed by atoms with Gasteiger partial charge in [0.05, 0.1) is 10.4 Å². The second-order valence-corrected chi connectivity index (χ2v) is 6.62. The van der Waals surface area contributed by atoms with E-state index >= 15 is 0 Å². The number of thiophene rings is 1. The lowest BCUT2D eigenvalue weighted by atomic mass is 9.98. The Bertz CT molecular complexity index is 1010. The van der Waals surface area contributed by atoms with Gasteiger partial charge in [0.1, 0.15) is 0 Å². The molecular weight excluding hydrogens is 378 g/mol. The van der Waals surface area contributed by atoms with Crippen LogP contribution in [0.25, 0.3) is 0 Å². The van der Waals surface area contributed by atoms with Gasteiger partial charge in [-0.25, -0.2) is 4.79 Å². The first-order chi connectivity index (χ1) is 13.6. The molecule has 0 saturated carbocycles. The molecule has 0 aliphatic carbocycles. The first kappa shape index (κ1) is 19.2. The van der Waals surface area contributed by atoms with Crippen LogP contribution in [0.4, 0.5) is 0 Å². The van der Waals surface area contributed by atoms with Crippen LogP contribution in [-0.4, -0.2) is 30.2 Å². The molecular formula is C21H15NO5S. The SMILES string of the molecule is O=C(COC(=O)c1ccccc1C(=O)c1ccccc1)NC(=O)c1cccs1. The van der Waals surface area contributed by atoms with E-state index in [1.807, 2.05) is 0 Å². The van der Waals surface area contributed by atoms with E-state index in [-0.39, 0.29) is 16.9 Å². The number of benzene rings is 2. The van der Waals surface area contributed by atoms with Crippen molar-refractivity contribution in [2.45, 2.75) is 0 Å². The Morgan fingerprint density at radius 2 is 1.50 bits per heavy atom. The lowest BCUT2D eigenvalue weighted by Crippen LogP contribution is -2.33. The number of amides is 2. The number of hydrogen-bond donors (Lipinski definition) is 1. The summed E-state index contributed by atoms with van der Waals surface area (Å²) in [5, 5.41) is 3.85. The van der Waals surface area contributed by atoms with Crippen LogP contribution in [0.15, 0.2) is 72.1 Å². The fourth-order valence-electron chi connectivity index (χ4n) is 2.45. The number of carbonyl (C=O) groups excluding carboxylic acids is 4. The van der Waals surface area contributed by atoms with E-state index in [0.29, 0.717) is 10.4 Å². The third-order valence-corrected chi connectivity index (χ3v) is 4.63. The zero-order valence-electron chi connectivity index (χ0n) is 14.6. The molecule has 0 aliphatic rings. The molecule has 1 heterocycles. The average Bonchev–Trinajstić information content (AvgIpc) is 3.27. The Kier molecular flexibility index (Phi) is 6.08. The number of esters is 1. The summed E-state index contributed by atoms with van der Waals surface area (Å²) in [6, 6.07) is 18.0. The van der Waals surface area contributed by atoms with Crippen LogP contribution in [-0.2, 0) is 9.53 Å². The third kappa shape index (κ3) is 4.57. The monoisotopic (exact) mass is 393 g/mol. The van der Waals surface area contributed by atoms with Gasteiger partial charge in [0.15, 0.2) is 12.4 Å². The quantitative estimate of drug-likeness (QED) is 0.513. The maximum atomic E-state index is 12.7. The number of imide groups is 1. The van der Waals surface area contributed by atoms with E-state index < -0.39 is 24.4 Å². The average molecular weight is 393 g/mol. The molecule has 0 fully saturated rings. The molecule has 140 valence electrons. The van der Waals surface area contributed by atoms with Crippen molar-refractivity contribution < 1.29 is 23.9 Å². The Hall–Kier alpha value is -3.58. The second kappa shape index (κ2) is 8.88. The zero-order valence-corrected chi connectivity index (χ0v) is 15.4. The standard InChI is InChI=1S/C21H15NO5S/c23-18(22-20(25)17-11-6-12-28-17)13-27-21(26)16-10-5-4-9-15(16)19(24)14-7-2-1-3-8-14/h1-12H,13H2,(H,22,23,25). The number of carbonyl (C=O) groups is 4. The molecule has 6 nitrogen and oxygen atoms in total. The van der Waals surface area contributed by atoms with Gasteiger partial charge in [0.2, 0.25) is 0 Å². The van der Waals surface area contributed by atoms with E-state index in [0.717, 1.165) is 0 Å².